The molecule has 5 aromatic rings. The molecule has 4 nitrogen and oxygen atoms in total. The summed E-state index contributed by atoms with van der Waals surface area (Å²) in [4.78, 5) is 15.6. The number of hydrogen-bond donors (Lipinski definition) is 0. The van der Waals surface area contributed by atoms with Crippen molar-refractivity contribution in [3.63, 3.8) is 0 Å². The lowest BCUT2D eigenvalue weighted by Gasteiger charge is -2.26. The molecule has 1 aliphatic rings. The van der Waals surface area contributed by atoms with Gasteiger partial charge in [0.25, 0.3) is 5.91 Å². The zero-order valence-corrected chi connectivity index (χ0v) is 18.7. The highest BCUT2D eigenvalue weighted by Crippen LogP contribution is 2.47. The first-order chi connectivity index (χ1) is 16.1. The van der Waals surface area contributed by atoms with Gasteiger partial charge in [-0.2, -0.15) is 0 Å². The number of carbonyl (C=O) groups excluding carboxylic acids is 1. The Balaban J connectivity index is 1.65. The molecule has 0 fully saturated rings. The predicted octanol–water partition coefficient (Wildman–Crippen LogP) is 6.49. The summed E-state index contributed by atoms with van der Waals surface area (Å²) < 4.78 is 7.90. The maximum Gasteiger partial charge on any atom is 0.255 e. The lowest BCUT2D eigenvalue weighted by Crippen LogP contribution is -2.28. The van der Waals surface area contributed by atoms with E-state index in [-0.39, 0.29) is 11.9 Å². The van der Waals surface area contributed by atoms with Crippen molar-refractivity contribution in [2.24, 2.45) is 7.05 Å². The van der Waals surface area contributed by atoms with Crippen molar-refractivity contribution in [1.29, 1.82) is 0 Å². The largest absolute Gasteiger partial charge is 0.467 e. The van der Waals surface area contributed by atoms with E-state index in [9.17, 15) is 4.79 Å². The average Bonchev–Trinajstić information content (AvgIpc) is 3.52. The van der Waals surface area contributed by atoms with Gasteiger partial charge in [-0.05, 0) is 42.3 Å². The molecular weight excluding hydrogens is 408 g/mol. The highest BCUT2D eigenvalue weighted by atomic mass is 16.3. The number of carbonyl (C=O) groups is 1. The molecule has 0 spiro atoms. The van der Waals surface area contributed by atoms with Crippen LogP contribution in [0.15, 0.2) is 95.6 Å². The number of aromatic nitrogens is 1. The minimum atomic E-state index is -0.207. The van der Waals surface area contributed by atoms with Crippen LogP contribution in [0, 0.1) is 6.92 Å². The highest BCUT2D eigenvalue weighted by Gasteiger charge is 2.40. The summed E-state index contributed by atoms with van der Waals surface area (Å²) in [5, 5.41) is 1.16. The van der Waals surface area contributed by atoms with E-state index < -0.39 is 0 Å². The van der Waals surface area contributed by atoms with Crippen LogP contribution in [0.5, 0.6) is 0 Å². The molecule has 1 atom stereocenters. The van der Waals surface area contributed by atoms with Crippen LogP contribution in [-0.4, -0.2) is 15.4 Å². The van der Waals surface area contributed by atoms with Gasteiger partial charge in [0.2, 0.25) is 0 Å². The third kappa shape index (κ3) is 3.02. The maximum atomic E-state index is 13.6. The molecule has 4 heteroatoms. The fourth-order valence-corrected chi connectivity index (χ4v) is 5.17. The Morgan fingerprint density at radius 1 is 0.879 bits per heavy atom. The molecular formula is C29H24N2O2. The quantitative estimate of drug-likeness (QED) is 0.325. The number of hydrogen-bond acceptors (Lipinski definition) is 2. The Morgan fingerprint density at radius 3 is 2.42 bits per heavy atom. The average molecular weight is 433 g/mol. The summed E-state index contributed by atoms with van der Waals surface area (Å²) in [7, 11) is 2.11. The SMILES string of the molecule is Cc1ccc(-c2c(C3c4ccccc4C(=O)N3Cc3ccco3)c3ccccc3n2C)cc1. The van der Waals surface area contributed by atoms with E-state index in [4.69, 9.17) is 4.42 Å². The second-order valence-electron chi connectivity index (χ2n) is 8.71. The number of amides is 1. The Kier molecular flexibility index (Phi) is 4.47. The number of rotatable bonds is 4. The van der Waals surface area contributed by atoms with Gasteiger partial charge in [0.05, 0.1) is 24.5 Å². The fourth-order valence-electron chi connectivity index (χ4n) is 5.17. The van der Waals surface area contributed by atoms with Crippen LogP contribution in [0.4, 0.5) is 0 Å². The van der Waals surface area contributed by atoms with Gasteiger partial charge in [0, 0.05) is 29.1 Å². The van der Waals surface area contributed by atoms with Crippen LogP contribution in [0.25, 0.3) is 22.2 Å². The van der Waals surface area contributed by atoms with E-state index in [1.54, 1.807) is 6.26 Å². The Morgan fingerprint density at radius 2 is 1.64 bits per heavy atom. The molecule has 33 heavy (non-hydrogen) atoms. The first-order valence-corrected chi connectivity index (χ1v) is 11.2. The summed E-state index contributed by atoms with van der Waals surface area (Å²) in [6, 6.07) is 28.7. The summed E-state index contributed by atoms with van der Waals surface area (Å²) >= 11 is 0. The van der Waals surface area contributed by atoms with Gasteiger partial charge in [0.1, 0.15) is 5.76 Å². The van der Waals surface area contributed by atoms with Crippen molar-refractivity contribution in [1.82, 2.24) is 9.47 Å². The fraction of sp³-hybridized carbons (Fsp3) is 0.138. The molecule has 6 rings (SSSR count). The number of aryl methyl sites for hydroxylation is 2. The van der Waals surface area contributed by atoms with Crippen molar-refractivity contribution in [3.8, 4) is 11.3 Å². The Hall–Kier alpha value is -4.05. The van der Waals surface area contributed by atoms with E-state index in [1.165, 1.54) is 5.56 Å². The normalized spacial score (nSPS) is 15.4. The van der Waals surface area contributed by atoms with E-state index in [0.717, 1.165) is 44.6 Å². The molecule has 0 radical (unpaired) electrons. The van der Waals surface area contributed by atoms with Crippen LogP contribution in [0.3, 0.4) is 0 Å². The van der Waals surface area contributed by atoms with Gasteiger partial charge in [-0.15, -0.1) is 0 Å². The molecule has 3 aromatic carbocycles. The highest BCUT2D eigenvalue weighted by molar-refractivity contribution is 6.02. The van der Waals surface area contributed by atoms with E-state index in [2.05, 4.69) is 73.1 Å². The number of para-hydroxylation sites is 1. The molecule has 0 saturated heterocycles. The monoisotopic (exact) mass is 432 g/mol. The Labute approximate surface area is 192 Å². The van der Waals surface area contributed by atoms with Gasteiger partial charge in [-0.1, -0.05) is 66.2 Å². The minimum absolute atomic E-state index is 0.0368. The van der Waals surface area contributed by atoms with Crippen molar-refractivity contribution >= 4 is 16.8 Å². The molecule has 0 aliphatic carbocycles. The second-order valence-corrected chi connectivity index (χ2v) is 8.71. The predicted molar refractivity (Wildman–Crippen MR) is 130 cm³/mol. The number of fused-ring (bicyclic) bond motifs is 2. The van der Waals surface area contributed by atoms with Crippen molar-refractivity contribution < 1.29 is 9.21 Å². The zero-order chi connectivity index (χ0) is 22.5. The van der Waals surface area contributed by atoms with Crippen molar-refractivity contribution in [3.05, 3.63) is 119 Å². The molecule has 0 N–H and O–H groups in total. The standard InChI is InChI=1S/C29H24N2O2/c1-19-13-15-20(16-14-19)27-26(24-11-5-6-12-25(24)30(27)2)28-22-9-3-4-10-23(22)29(32)31(28)18-21-8-7-17-33-21/h3-17,28H,18H2,1-2H3. The Bertz CT molecular complexity index is 1480. The molecule has 3 heterocycles. The summed E-state index contributed by atoms with van der Waals surface area (Å²) in [6.45, 7) is 2.52. The summed E-state index contributed by atoms with van der Waals surface area (Å²) in [6.07, 6.45) is 1.66. The second kappa shape index (κ2) is 7.52. The van der Waals surface area contributed by atoms with Gasteiger partial charge in [0.15, 0.2) is 0 Å². The van der Waals surface area contributed by atoms with E-state index in [0.29, 0.717) is 6.54 Å². The lowest BCUT2D eigenvalue weighted by atomic mass is 9.93. The third-order valence-corrected chi connectivity index (χ3v) is 6.71. The number of nitrogens with zero attached hydrogens (tertiary/aromatic N) is 2. The molecule has 1 aliphatic heterocycles. The molecule has 0 bridgehead atoms. The van der Waals surface area contributed by atoms with E-state index >= 15 is 0 Å². The summed E-state index contributed by atoms with van der Waals surface area (Å²) in [5.74, 6) is 0.813. The lowest BCUT2D eigenvalue weighted by molar-refractivity contribution is 0.0724. The molecule has 2 aromatic heterocycles. The van der Waals surface area contributed by atoms with Gasteiger partial charge >= 0.3 is 0 Å². The first kappa shape index (κ1) is 19.6. The minimum Gasteiger partial charge on any atom is -0.467 e. The molecule has 1 amide bonds. The zero-order valence-electron chi connectivity index (χ0n) is 18.7. The van der Waals surface area contributed by atoms with Gasteiger partial charge < -0.3 is 13.9 Å². The van der Waals surface area contributed by atoms with Crippen LogP contribution >= 0.6 is 0 Å². The smallest absolute Gasteiger partial charge is 0.255 e. The molecule has 162 valence electrons. The first-order valence-electron chi connectivity index (χ1n) is 11.2. The van der Waals surface area contributed by atoms with Crippen LogP contribution < -0.4 is 0 Å². The van der Waals surface area contributed by atoms with Crippen LogP contribution in [-0.2, 0) is 13.6 Å². The summed E-state index contributed by atoms with van der Waals surface area (Å²) in [5.41, 5.74) is 7.61. The van der Waals surface area contributed by atoms with Crippen molar-refractivity contribution in [2.75, 3.05) is 0 Å². The van der Waals surface area contributed by atoms with Crippen molar-refractivity contribution in [2.45, 2.75) is 19.5 Å². The van der Waals surface area contributed by atoms with E-state index in [1.807, 2.05) is 35.2 Å². The van der Waals surface area contributed by atoms with Gasteiger partial charge in [-0.25, -0.2) is 0 Å². The van der Waals surface area contributed by atoms with Crippen LogP contribution in [0.2, 0.25) is 0 Å². The third-order valence-electron chi connectivity index (χ3n) is 6.71. The number of benzene rings is 3. The topological polar surface area (TPSA) is 38.4 Å². The molecule has 1 unspecified atom stereocenters. The number of furan rings is 1. The molecule has 0 saturated carbocycles. The maximum absolute atomic E-state index is 13.6. The van der Waals surface area contributed by atoms with Gasteiger partial charge in [-0.3, -0.25) is 4.79 Å². The van der Waals surface area contributed by atoms with Crippen LogP contribution in [0.1, 0.15) is 38.9 Å².